The number of nitrogens with one attached hydrogen (secondary N) is 1. The average molecular weight is 172 g/mol. The summed E-state index contributed by atoms with van der Waals surface area (Å²) < 4.78 is 0. The van der Waals surface area contributed by atoms with Crippen molar-refractivity contribution in [3.63, 3.8) is 0 Å². The topological polar surface area (TPSA) is 35.5 Å². The molecule has 3 heteroatoms. The van der Waals surface area contributed by atoms with E-state index < -0.39 is 0 Å². The molecule has 1 aliphatic rings. The molecule has 0 saturated carbocycles. The second-order valence-electron chi connectivity index (χ2n) is 3.59. The molecule has 0 spiro atoms. The van der Waals surface area contributed by atoms with E-state index in [9.17, 15) is 0 Å². The minimum atomic E-state index is 0.331. The Morgan fingerprint density at radius 3 is 2.83 bits per heavy atom. The van der Waals surface area contributed by atoms with Gasteiger partial charge < -0.3 is 15.3 Å². The van der Waals surface area contributed by atoms with Crippen LogP contribution < -0.4 is 5.32 Å². The Hall–Kier alpha value is -0.120. The monoisotopic (exact) mass is 172 g/mol. The van der Waals surface area contributed by atoms with Crippen LogP contribution in [0.25, 0.3) is 0 Å². The van der Waals surface area contributed by atoms with Crippen LogP contribution in [0.4, 0.5) is 0 Å². The zero-order valence-corrected chi connectivity index (χ0v) is 7.92. The SMILES string of the molecule is CNCCC1CN(CCCO)C1. The third-order valence-corrected chi connectivity index (χ3v) is 2.47. The van der Waals surface area contributed by atoms with E-state index in [1.54, 1.807) is 0 Å². The number of rotatable bonds is 6. The molecule has 0 unspecified atom stereocenters. The van der Waals surface area contributed by atoms with Crippen molar-refractivity contribution < 1.29 is 5.11 Å². The molecular weight excluding hydrogens is 152 g/mol. The third kappa shape index (κ3) is 3.09. The molecule has 3 nitrogen and oxygen atoms in total. The van der Waals surface area contributed by atoms with Gasteiger partial charge in [0.15, 0.2) is 0 Å². The van der Waals surface area contributed by atoms with E-state index in [2.05, 4.69) is 10.2 Å². The summed E-state index contributed by atoms with van der Waals surface area (Å²) in [5, 5.41) is 11.8. The fourth-order valence-corrected chi connectivity index (χ4v) is 1.68. The lowest BCUT2D eigenvalue weighted by Crippen LogP contribution is -2.47. The number of nitrogens with zero attached hydrogens (tertiary/aromatic N) is 1. The number of aliphatic hydroxyl groups is 1. The molecular formula is C9H20N2O. The predicted molar refractivity (Wildman–Crippen MR) is 50.2 cm³/mol. The van der Waals surface area contributed by atoms with Crippen molar-refractivity contribution in [2.45, 2.75) is 12.8 Å². The molecule has 0 aliphatic carbocycles. The standard InChI is InChI=1S/C9H20N2O/c1-10-4-3-9-7-11(8-9)5-2-6-12/h9-10,12H,2-8H2,1H3. The maximum absolute atomic E-state index is 8.61. The molecule has 0 radical (unpaired) electrons. The number of hydrogen-bond acceptors (Lipinski definition) is 3. The molecule has 2 N–H and O–H groups in total. The molecule has 0 aromatic carbocycles. The number of likely N-dealkylation sites (tertiary alicyclic amines) is 1. The van der Waals surface area contributed by atoms with Crippen LogP contribution in [0.3, 0.4) is 0 Å². The maximum atomic E-state index is 8.61. The van der Waals surface area contributed by atoms with E-state index in [1.807, 2.05) is 7.05 Å². The molecule has 72 valence electrons. The van der Waals surface area contributed by atoms with Crippen molar-refractivity contribution in [3.05, 3.63) is 0 Å². The largest absolute Gasteiger partial charge is 0.396 e. The first-order chi connectivity index (χ1) is 5.86. The Kier molecular flexibility index (Phi) is 4.58. The molecule has 0 aromatic heterocycles. The average Bonchev–Trinajstić information content (AvgIpc) is 2.01. The zero-order valence-electron chi connectivity index (χ0n) is 7.92. The van der Waals surface area contributed by atoms with Crippen molar-refractivity contribution in [1.82, 2.24) is 10.2 Å². The van der Waals surface area contributed by atoms with E-state index in [0.717, 1.165) is 25.4 Å². The fraction of sp³-hybridized carbons (Fsp3) is 1.00. The Labute approximate surface area is 74.8 Å². The van der Waals surface area contributed by atoms with Crippen LogP contribution in [0.15, 0.2) is 0 Å². The minimum absolute atomic E-state index is 0.331. The molecule has 1 aliphatic heterocycles. The van der Waals surface area contributed by atoms with Crippen LogP contribution in [0.5, 0.6) is 0 Å². The van der Waals surface area contributed by atoms with Crippen molar-refractivity contribution in [1.29, 1.82) is 0 Å². The molecule has 12 heavy (non-hydrogen) atoms. The summed E-state index contributed by atoms with van der Waals surface area (Å²) in [5.41, 5.74) is 0. The maximum Gasteiger partial charge on any atom is 0.0443 e. The summed E-state index contributed by atoms with van der Waals surface area (Å²) in [6.45, 7) is 5.02. The highest BCUT2D eigenvalue weighted by molar-refractivity contribution is 4.79. The van der Waals surface area contributed by atoms with E-state index in [0.29, 0.717) is 6.61 Å². The van der Waals surface area contributed by atoms with Gasteiger partial charge in [0.2, 0.25) is 0 Å². The van der Waals surface area contributed by atoms with E-state index in [1.165, 1.54) is 19.5 Å². The Balaban J connectivity index is 1.89. The Morgan fingerprint density at radius 1 is 1.50 bits per heavy atom. The lowest BCUT2D eigenvalue weighted by atomic mass is 9.96. The van der Waals surface area contributed by atoms with Crippen molar-refractivity contribution >= 4 is 0 Å². The van der Waals surface area contributed by atoms with Gasteiger partial charge in [0.05, 0.1) is 0 Å². The Bertz CT molecular complexity index is 101. The van der Waals surface area contributed by atoms with Gasteiger partial charge in [0.25, 0.3) is 0 Å². The van der Waals surface area contributed by atoms with Gasteiger partial charge in [-0.15, -0.1) is 0 Å². The predicted octanol–water partition coefficient (Wildman–Crippen LogP) is -0.0899. The highest BCUT2D eigenvalue weighted by Crippen LogP contribution is 2.17. The van der Waals surface area contributed by atoms with E-state index >= 15 is 0 Å². The molecule has 0 bridgehead atoms. The summed E-state index contributed by atoms with van der Waals surface area (Å²) in [6.07, 6.45) is 2.23. The molecule has 1 rings (SSSR count). The summed E-state index contributed by atoms with van der Waals surface area (Å²) in [7, 11) is 2.00. The molecule has 1 fully saturated rings. The zero-order chi connectivity index (χ0) is 8.81. The van der Waals surface area contributed by atoms with Gasteiger partial charge >= 0.3 is 0 Å². The lowest BCUT2D eigenvalue weighted by molar-refractivity contribution is 0.0865. The highest BCUT2D eigenvalue weighted by atomic mass is 16.3. The van der Waals surface area contributed by atoms with Gasteiger partial charge in [-0.1, -0.05) is 0 Å². The summed E-state index contributed by atoms with van der Waals surface area (Å²) in [5.74, 6) is 0.899. The van der Waals surface area contributed by atoms with Gasteiger partial charge in [-0.25, -0.2) is 0 Å². The van der Waals surface area contributed by atoms with Crippen LogP contribution in [-0.4, -0.2) is 49.8 Å². The molecule has 1 heterocycles. The van der Waals surface area contributed by atoms with Crippen LogP contribution in [0.1, 0.15) is 12.8 Å². The molecule has 1 saturated heterocycles. The number of hydrogen-bond donors (Lipinski definition) is 2. The Morgan fingerprint density at radius 2 is 2.25 bits per heavy atom. The normalized spacial score (nSPS) is 19.5. The number of aliphatic hydroxyl groups excluding tert-OH is 1. The molecule has 0 amide bonds. The minimum Gasteiger partial charge on any atom is -0.396 e. The van der Waals surface area contributed by atoms with Crippen molar-refractivity contribution in [2.24, 2.45) is 5.92 Å². The van der Waals surface area contributed by atoms with Crippen LogP contribution in [0, 0.1) is 5.92 Å². The van der Waals surface area contributed by atoms with Crippen molar-refractivity contribution in [3.8, 4) is 0 Å². The quantitative estimate of drug-likeness (QED) is 0.588. The van der Waals surface area contributed by atoms with Crippen LogP contribution >= 0.6 is 0 Å². The summed E-state index contributed by atoms with van der Waals surface area (Å²) >= 11 is 0. The van der Waals surface area contributed by atoms with E-state index in [-0.39, 0.29) is 0 Å². The summed E-state index contributed by atoms with van der Waals surface area (Å²) in [6, 6.07) is 0. The van der Waals surface area contributed by atoms with Crippen LogP contribution in [0.2, 0.25) is 0 Å². The highest BCUT2D eigenvalue weighted by Gasteiger charge is 2.24. The fourth-order valence-electron chi connectivity index (χ4n) is 1.68. The first-order valence-electron chi connectivity index (χ1n) is 4.84. The first kappa shape index (κ1) is 9.96. The van der Waals surface area contributed by atoms with Gasteiger partial charge in [-0.05, 0) is 32.4 Å². The molecule has 0 aromatic rings. The van der Waals surface area contributed by atoms with E-state index in [4.69, 9.17) is 5.11 Å². The third-order valence-electron chi connectivity index (χ3n) is 2.47. The van der Waals surface area contributed by atoms with Crippen molar-refractivity contribution in [2.75, 3.05) is 39.8 Å². The summed E-state index contributed by atoms with van der Waals surface area (Å²) in [4.78, 5) is 2.41. The first-order valence-corrected chi connectivity index (χ1v) is 4.84. The molecule has 0 atom stereocenters. The van der Waals surface area contributed by atoms with Gasteiger partial charge in [0, 0.05) is 26.2 Å². The lowest BCUT2D eigenvalue weighted by Gasteiger charge is -2.39. The smallest absolute Gasteiger partial charge is 0.0443 e. The van der Waals surface area contributed by atoms with Crippen LogP contribution in [-0.2, 0) is 0 Å². The second-order valence-corrected chi connectivity index (χ2v) is 3.59. The van der Waals surface area contributed by atoms with Gasteiger partial charge in [0.1, 0.15) is 0 Å². The van der Waals surface area contributed by atoms with Gasteiger partial charge in [-0.3, -0.25) is 0 Å². The second kappa shape index (κ2) is 5.51. The van der Waals surface area contributed by atoms with Gasteiger partial charge in [-0.2, -0.15) is 0 Å².